The zero-order valence-electron chi connectivity index (χ0n) is 12.9. The first-order valence-corrected chi connectivity index (χ1v) is 7.00. The van der Waals surface area contributed by atoms with Crippen LogP contribution in [0.3, 0.4) is 0 Å². The van der Waals surface area contributed by atoms with Gasteiger partial charge in [0.2, 0.25) is 0 Å². The summed E-state index contributed by atoms with van der Waals surface area (Å²) >= 11 is 0. The summed E-state index contributed by atoms with van der Waals surface area (Å²) in [7, 11) is 1.31. The minimum atomic E-state index is -0.612. The van der Waals surface area contributed by atoms with E-state index in [4.69, 9.17) is 9.47 Å². The van der Waals surface area contributed by atoms with Crippen LogP contribution in [-0.2, 0) is 22.4 Å². The minimum absolute atomic E-state index is 0.263. The van der Waals surface area contributed by atoms with E-state index in [9.17, 15) is 9.59 Å². The summed E-state index contributed by atoms with van der Waals surface area (Å²) in [6.45, 7) is 6.93. The zero-order valence-corrected chi connectivity index (χ0v) is 12.9. The molecule has 5 nitrogen and oxygen atoms in total. The van der Waals surface area contributed by atoms with Crippen molar-refractivity contribution in [3.05, 3.63) is 34.4 Å². The fraction of sp³-hybridized carbons (Fsp3) is 0.500. The summed E-state index contributed by atoms with van der Waals surface area (Å²) < 4.78 is 10.2. The molecule has 1 N–H and O–H groups in total. The van der Waals surface area contributed by atoms with Crippen molar-refractivity contribution in [2.75, 3.05) is 13.7 Å². The molecule has 0 radical (unpaired) electrons. The van der Waals surface area contributed by atoms with E-state index in [0.29, 0.717) is 6.54 Å². The molecule has 0 aliphatic carbocycles. The largest absolute Gasteiger partial charge is 0.465 e. The van der Waals surface area contributed by atoms with Gasteiger partial charge in [0.1, 0.15) is 5.60 Å². The molecule has 0 fully saturated rings. The summed E-state index contributed by atoms with van der Waals surface area (Å²) in [5.41, 5.74) is 2.02. The van der Waals surface area contributed by atoms with Crippen LogP contribution >= 0.6 is 0 Å². The SMILES string of the molecule is COC(=O)c1cc2c(cc1C(=O)OC(C)(C)C)CNCC2. The molecule has 0 aromatic heterocycles. The average Bonchev–Trinajstić information content (AvgIpc) is 2.43. The van der Waals surface area contributed by atoms with Crippen LogP contribution in [0, 0.1) is 0 Å². The Hall–Kier alpha value is -1.88. The van der Waals surface area contributed by atoms with E-state index in [2.05, 4.69) is 5.32 Å². The molecule has 1 aliphatic heterocycles. The number of ether oxygens (including phenoxy) is 2. The number of carbonyl (C=O) groups excluding carboxylic acids is 2. The molecule has 0 bridgehead atoms. The second-order valence-corrected chi connectivity index (χ2v) is 6.09. The number of hydrogen-bond acceptors (Lipinski definition) is 5. The Morgan fingerprint density at radius 1 is 1.10 bits per heavy atom. The summed E-state index contributed by atoms with van der Waals surface area (Å²) in [6, 6.07) is 3.49. The summed E-state index contributed by atoms with van der Waals surface area (Å²) in [4.78, 5) is 24.3. The van der Waals surface area contributed by atoms with E-state index < -0.39 is 17.5 Å². The second kappa shape index (κ2) is 5.85. The minimum Gasteiger partial charge on any atom is -0.465 e. The molecule has 21 heavy (non-hydrogen) atoms. The molecule has 0 atom stereocenters. The normalized spacial score (nSPS) is 14.3. The number of nitrogens with one attached hydrogen (secondary N) is 1. The van der Waals surface area contributed by atoms with Crippen molar-refractivity contribution in [3.8, 4) is 0 Å². The number of fused-ring (bicyclic) bond motifs is 1. The Kier molecular flexibility index (Phi) is 4.32. The lowest BCUT2D eigenvalue weighted by Gasteiger charge is -2.23. The Morgan fingerprint density at radius 2 is 1.71 bits per heavy atom. The fourth-order valence-electron chi connectivity index (χ4n) is 2.31. The van der Waals surface area contributed by atoms with Crippen LogP contribution in [0.15, 0.2) is 12.1 Å². The van der Waals surface area contributed by atoms with E-state index in [1.807, 2.05) is 0 Å². The molecule has 0 saturated heterocycles. The van der Waals surface area contributed by atoms with Crippen molar-refractivity contribution in [1.29, 1.82) is 0 Å². The zero-order chi connectivity index (χ0) is 15.6. The summed E-state index contributed by atoms with van der Waals surface area (Å²) in [6.07, 6.45) is 0.827. The van der Waals surface area contributed by atoms with E-state index in [1.54, 1.807) is 32.9 Å². The molecule has 2 rings (SSSR count). The van der Waals surface area contributed by atoms with Gasteiger partial charge in [-0.25, -0.2) is 9.59 Å². The number of hydrogen-bond donors (Lipinski definition) is 1. The molecule has 114 valence electrons. The average molecular weight is 291 g/mol. The van der Waals surface area contributed by atoms with Gasteiger partial charge < -0.3 is 14.8 Å². The Balaban J connectivity index is 2.46. The van der Waals surface area contributed by atoms with Crippen molar-refractivity contribution in [2.45, 2.75) is 39.3 Å². The van der Waals surface area contributed by atoms with Crippen LogP contribution < -0.4 is 5.32 Å². The lowest BCUT2D eigenvalue weighted by Crippen LogP contribution is -2.28. The molecule has 0 unspecified atom stereocenters. The van der Waals surface area contributed by atoms with Gasteiger partial charge in [0.15, 0.2) is 0 Å². The van der Waals surface area contributed by atoms with Crippen molar-refractivity contribution in [1.82, 2.24) is 5.32 Å². The van der Waals surface area contributed by atoms with Gasteiger partial charge in [-0.15, -0.1) is 0 Å². The molecule has 1 aromatic rings. The Morgan fingerprint density at radius 3 is 2.33 bits per heavy atom. The lowest BCUT2D eigenvalue weighted by atomic mass is 9.94. The second-order valence-electron chi connectivity index (χ2n) is 6.09. The molecule has 1 aliphatic rings. The van der Waals surface area contributed by atoms with Crippen molar-refractivity contribution in [3.63, 3.8) is 0 Å². The quantitative estimate of drug-likeness (QED) is 0.845. The fourth-order valence-corrected chi connectivity index (χ4v) is 2.31. The Bertz CT molecular complexity index is 572. The highest BCUT2D eigenvalue weighted by molar-refractivity contribution is 6.03. The van der Waals surface area contributed by atoms with Crippen LogP contribution in [0.4, 0.5) is 0 Å². The number of rotatable bonds is 2. The van der Waals surface area contributed by atoms with Gasteiger partial charge in [-0.05, 0) is 57.0 Å². The first-order chi connectivity index (χ1) is 9.81. The molecule has 1 aromatic carbocycles. The van der Waals surface area contributed by atoms with Gasteiger partial charge in [-0.3, -0.25) is 0 Å². The molecule has 0 saturated carbocycles. The van der Waals surface area contributed by atoms with E-state index >= 15 is 0 Å². The Labute approximate surface area is 124 Å². The smallest absolute Gasteiger partial charge is 0.339 e. The third kappa shape index (κ3) is 3.61. The standard InChI is InChI=1S/C16H21NO4/c1-16(2,3)21-15(19)13-8-11-9-17-6-5-10(11)7-12(13)14(18)20-4/h7-8,17H,5-6,9H2,1-4H3. The van der Waals surface area contributed by atoms with Gasteiger partial charge in [-0.1, -0.05) is 0 Å². The molecular weight excluding hydrogens is 270 g/mol. The molecule has 5 heteroatoms. The highest BCUT2D eigenvalue weighted by Gasteiger charge is 2.26. The van der Waals surface area contributed by atoms with Gasteiger partial charge in [0.05, 0.1) is 18.2 Å². The van der Waals surface area contributed by atoms with Gasteiger partial charge in [0, 0.05) is 6.54 Å². The topological polar surface area (TPSA) is 64.6 Å². The number of benzene rings is 1. The number of methoxy groups -OCH3 is 1. The van der Waals surface area contributed by atoms with Crippen molar-refractivity contribution >= 4 is 11.9 Å². The highest BCUT2D eigenvalue weighted by Crippen LogP contribution is 2.23. The predicted molar refractivity (Wildman–Crippen MR) is 78.4 cm³/mol. The van der Waals surface area contributed by atoms with Crippen LogP contribution in [0.25, 0.3) is 0 Å². The maximum Gasteiger partial charge on any atom is 0.339 e. The number of esters is 2. The highest BCUT2D eigenvalue weighted by atomic mass is 16.6. The maximum atomic E-state index is 12.3. The third-order valence-electron chi connectivity index (χ3n) is 3.25. The molecule has 0 spiro atoms. The van der Waals surface area contributed by atoms with Crippen LogP contribution in [0.1, 0.15) is 52.6 Å². The maximum absolute atomic E-state index is 12.3. The van der Waals surface area contributed by atoms with Gasteiger partial charge in [-0.2, -0.15) is 0 Å². The van der Waals surface area contributed by atoms with Crippen molar-refractivity contribution < 1.29 is 19.1 Å². The number of carbonyl (C=O) groups is 2. The van der Waals surface area contributed by atoms with Gasteiger partial charge in [0.25, 0.3) is 0 Å². The van der Waals surface area contributed by atoms with E-state index in [0.717, 1.165) is 24.1 Å². The van der Waals surface area contributed by atoms with E-state index in [1.165, 1.54) is 7.11 Å². The summed E-state index contributed by atoms with van der Waals surface area (Å²) in [5.74, 6) is -1.02. The van der Waals surface area contributed by atoms with Crippen molar-refractivity contribution in [2.24, 2.45) is 0 Å². The third-order valence-corrected chi connectivity index (χ3v) is 3.25. The summed E-state index contributed by atoms with van der Waals surface area (Å²) in [5, 5.41) is 3.25. The molecular formula is C16H21NO4. The van der Waals surface area contributed by atoms with Crippen LogP contribution in [-0.4, -0.2) is 31.2 Å². The first-order valence-electron chi connectivity index (χ1n) is 7.00. The molecule has 1 heterocycles. The van der Waals surface area contributed by atoms with E-state index in [-0.39, 0.29) is 11.1 Å². The van der Waals surface area contributed by atoms with Crippen LogP contribution in [0.5, 0.6) is 0 Å². The monoisotopic (exact) mass is 291 g/mol. The predicted octanol–water partition coefficient (Wildman–Crippen LogP) is 2.07. The molecule has 0 amide bonds. The lowest BCUT2D eigenvalue weighted by molar-refractivity contribution is 0.00651. The first kappa shape index (κ1) is 15.5. The van der Waals surface area contributed by atoms with Crippen LogP contribution in [0.2, 0.25) is 0 Å². The van der Waals surface area contributed by atoms with Gasteiger partial charge >= 0.3 is 11.9 Å².